The fraction of sp³-hybridized carbons (Fsp3) is 0.433. The topological polar surface area (TPSA) is 52.1 Å². The van der Waals surface area contributed by atoms with E-state index in [0.717, 1.165) is 54.6 Å². The minimum absolute atomic E-state index is 0.168. The minimum Gasteiger partial charge on any atom is -0.427 e. The van der Waals surface area contributed by atoms with Gasteiger partial charge in [0.1, 0.15) is 5.75 Å². The quantitative estimate of drug-likeness (QED) is 0.139. The van der Waals surface area contributed by atoms with Crippen LogP contribution in [-0.2, 0) is 11.2 Å². The SMILES string of the molecule is CCCCCCCc1ccc(-c2ncc(-c3ccc(OC(=O)CCCCCC)cc3)cn2)cc1. The van der Waals surface area contributed by atoms with Crippen LogP contribution in [0.2, 0.25) is 0 Å². The van der Waals surface area contributed by atoms with Crippen LogP contribution in [0.1, 0.15) is 83.6 Å². The number of benzene rings is 2. The van der Waals surface area contributed by atoms with E-state index in [1.165, 1.54) is 37.7 Å². The maximum Gasteiger partial charge on any atom is 0.311 e. The molecule has 1 aromatic heterocycles. The van der Waals surface area contributed by atoms with Gasteiger partial charge in [0.15, 0.2) is 5.82 Å². The van der Waals surface area contributed by atoms with E-state index in [-0.39, 0.29) is 5.97 Å². The first kappa shape index (κ1) is 25.6. The molecule has 34 heavy (non-hydrogen) atoms. The third-order valence-corrected chi connectivity index (χ3v) is 6.09. The molecule has 4 nitrogen and oxygen atoms in total. The monoisotopic (exact) mass is 458 g/mol. The summed E-state index contributed by atoms with van der Waals surface area (Å²) in [7, 11) is 0. The van der Waals surface area contributed by atoms with Crippen LogP contribution in [0.4, 0.5) is 0 Å². The number of hydrogen-bond acceptors (Lipinski definition) is 4. The lowest BCUT2D eigenvalue weighted by atomic mass is 10.0. The van der Waals surface area contributed by atoms with Crippen LogP contribution in [0.3, 0.4) is 0 Å². The molecule has 0 aliphatic rings. The Morgan fingerprint density at radius 1 is 0.676 bits per heavy atom. The molecule has 0 amide bonds. The predicted molar refractivity (Wildman–Crippen MR) is 140 cm³/mol. The lowest BCUT2D eigenvalue weighted by Crippen LogP contribution is -2.07. The van der Waals surface area contributed by atoms with Crippen molar-refractivity contribution in [1.82, 2.24) is 9.97 Å². The fourth-order valence-corrected chi connectivity index (χ4v) is 3.97. The molecule has 0 bridgehead atoms. The molecule has 0 aliphatic carbocycles. The van der Waals surface area contributed by atoms with E-state index in [2.05, 4.69) is 48.1 Å². The van der Waals surface area contributed by atoms with Crippen LogP contribution < -0.4 is 4.74 Å². The Labute approximate surface area is 204 Å². The van der Waals surface area contributed by atoms with Gasteiger partial charge in [-0.1, -0.05) is 95.2 Å². The van der Waals surface area contributed by atoms with Crippen molar-refractivity contribution in [2.45, 2.75) is 84.5 Å². The second-order valence-corrected chi connectivity index (χ2v) is 8.97. The van der Waals surface area contributed by atoms with Crippen LogP contribution in [0.5, 0.6) is 5.75 Å². The van der Waals surface area contributed by atoms with Gasteiger partial charge in [0.2, 0.25) is 0 Å². The third kappa shape index (κ3) is 8.40. The first-order valence-electron chi connectivity index (χ1n) is 12.9. The zero-order chi connectivity index (χ0) is 24.0. The Morgan fingerprint density at radius 2 is 1.26 bits per heavy atom. The summed E-state index contributed by atoms with van der Waals surface area (Å²) in [6.45, 7) is 4.41. The molecule has 2 aromatic carbocycles. The summed E-state index contributed by atoms with van der Waals surface area (Å²) in [5, 5.41) is 0. The molecule has 0 saturated carbocycles. The Hall–Kier alpha value is -3.01. The van der Waals surface area contributed by atoms with Crippen LogP contribution >= 0.6 is 0 Å². The summed E-state index contributed by atoms with van der Waals surface area (Å²) < 4.78 is 5.44. The Kier molecular flexibility index (Phi) is 10.8. The molecule has 0 aliphatic heterocycles. The van der Waals surface area contributed by atoms with Gasteiger partial charge in [0.25, 0.3) is 0 Å². The van der Waals surface area contributed by atoms with Gasteiger partial charge in [-0.2, -0.15) is 0 Å². The Balaban J connectivity index is 1.51. The van der Waals surface area contributed by atoms with E-state index < -0.39 is 0 Å². The first-order valence-corrected chi connectivity index (χ1v) is 12.9. The highest BCUT2D eigenvalue weighted by Crippen LogP contribution is 2.24. The molecule has 1 heterocycles. The summed E-state index contributed by atoms with van der Waals surface area (Å²) >= 11 is 0. The maximum absolute atomic E-state index is 12.0. The molecule has 4 heteroatoms. The molecule has 0 radical (unpaired) electrons. The highest BCUT2D eigenvalue weighted by atomic mass is 16.5. The molecule has 0 atom stereocenters. The average Bonchev–Trinajstić information content (AvgIpc) is 2.87. The summed E-state index contributed by atoms with van der Waals surface area (Å²) in [6, 6.07) is 16.1. The number of hydrogen-bond donors (Lipinski definition) is 0. The van der Waals surface area contributed by atoms with Gasteiger partial charge in [-0.25, -0.2) is 9.97 Å². The number of aryl methyl sites for hydroxylation is 1. The van der Waals surface area contributed by atoms with Gasteiger partial charge in [0.05, 0.1) is 0 Å². The van der Waals surface area contributed by atoms with Crippen molar-refractivity contribution >= 4 is 5.97 Å². The van der Waals surface area contributed by atoms with Crippen molar-refractivity contribution in [3.05, 3.63) is 66.5 Å². The number of rotatable bonds is 14. The first-order chi connectivity index (χ1) is 16.7. The van der Waals surface area contributed by atoms with Crippen LogP contribution in [-0.4, -0.2) is 15.9 Å². The van der Waals surface area contributed by atoms with E-state index in [1.807, 2.05) is 36.7 Å². The zero-order valence-corrected chi connectivity index (χ0v) is 20.8. The molecular weight excluding hydrogens is 420 g/mol. The number of unbranched alkanes of at least 4 members (excludes halogenated alkanes) is 7. The van der Waals surface area contributed by atoms with Gasteiger partial charge < -0.3 is 4.74 Å². The summed E-state index contributed by atoms with van der Waals surface area (Å²) in [6.07, 6.45) is 16.1. The number of aromatic nitrogens is 2. The average molecular weight is 459 g/mol. The van der Waals surface area contributed by atoms with Crippen molar-refractivity contribution in [1.29, 1.82) is 0 Å². The maximum atomic E-state index is 12.0. The highest BCUT2D eigenvalue weighted by Gasteiger charge is 2.07. The van der Waals surface area contributed by atoms with Gasteiger partial charge in [-0.15, -0.1) is 0 Å². The van der Waals surface area contributed by atoms with Gasteiger partial charge in [0, 0.05) is 29.9 Å². The smallest absolute Gasteiger partial charge is 0.311 e. The number of esters is 1. The second-order valence-electron chi connectivity index (χ2n) is 8.97. The van der Waals surface area contributed by atoms with Gasteiger partial charge in [-0.3, -0.25) is 4.79 Å². The molecule has 0 spiro atoms. The van der Waals surface area contributed by atoms with Crippen molar-refractivity contribution in [2.75, 3.05) is 0 Å². The largest absolute Gasteiger partial charge is 0.427 e. The van der Waals surface area contributed by atoms with E-state index in [1.54, 1.807) is 0 Å². The van der Waals surface area contributed by atoms with E-state index in [9.17, 15) is 4.79 Å². The molecule has 0 N–H and O–H groups in total. The van der Waals surface area contributed by atoms with Crippen molar-refractivity contribution in [2.24, 2.45) is 0 Å². The highest BCUT2D eigenvalue weighted by molar-refractivity contribution is 5.73. The van der Waals surface area contributed by atoms with E-state index in [4.69, 9.17) is 4.74 Å². The van der Waals surface area contributed by atoms with Gasteiger partial charge >= 0.3 is 5.97 Å². The third-order valence-electron chi connectivity index (χ3n) is 6.09. The zero-order valence-electron chi connectivity index (χ0n) is 20.8. The van der Waals surface area contributed by atoms with Crippen molar-refractivity contribution < 1.29 is 9.53 Å². The minimum atomic E-state index is -0.168. The summed E-state index contributed by atoms with van der Waals surface area (Å²) in [4.78, 5) is 21.1. The normalized spacial score (nSPS) is 10.9. The lowest BCUT2D eigenvalue weighted by Gasteiger charge is -2.07. The molecule has 180 valence electrons. The molecule has 0 fully saturated rings. The van der Waals surface area contributed by atoms with Crippen LogP contribution in [0, 0.1) is 0 Å². The Bertz CT molecular complexity index is 980. The molecule has 0 unspecified atom stereocenters. The van der Waals surface area contributed by atoms with E-state index in [0.29, 0.717) is 12.2 Å². The molecule has 3 rings (SSSR count). The van der Waals surface area contributed by atoms with Crippen LogP contribution in [0.25, 0.3) is 22.5 Å². The Morgan fingerprint density at radius 3 is 1.91 bits per heavy atom. The second kappa shape index (κ2) is 14.3. The number of carbonyl (C=O) groups excluding carboxylic acids is 1. The number of ether oxygens (including phenoxy) is 1. The predicted octanol–water partition coefficient (Wildman–Crippen LogP) is 8.20. The standard InChI is InChI=1S/C30H38N2O2/c1-3-5-7-9-10-12-24-14-16-26(17-15-24)30-31-22-27(23-32-30)25-18-20-28(21-19-25)34-29(33)13-11-8-6-4-2/h14-23H,3-13H2,1-2H3. The van der Waals surface area contributed by atoms with Crippen molar-refractivity contribution in [3.63, 3.8) is 0 Å². The van der Waals surface area contributed by atoms with Gasteiger partial charge in [-0.05, 0) is 42.5 Å². The summed E-state index contributed by atoms with van der Waals surface area (Å²) in [5.41, 5.74) is 4.33. The van der Waals surface area contributed by atoms with E-state index >= 15 is 0 Å². The lowest BCUT2D eigenvalue weighted by molar-refractivity contribution is -0.134. The number of carbonyl (C=O) groups is 1. The molecular formula is C30H38N2O2. The fourth-order valence-electron chi connectivity index (χ4n) is 3.97. The number of nitrogens with zero attached hydrogens (tertiary/aromatic N) is 2. The molecule has 3 aromatic rings. The summed E-state index contributed by atoms with van der Waals surface area (Å²) in [5.74, 6) is 1.14. The van der Waals surface area contributed by atoms with Crippen LogP contribution in [0.15, 0.2) is 60.9 Å². The van der Waals surface area contributed by atoms with Crippen molar-refractivity contribution in [3.8, 4) is 28.3 Å². The molecule has 0 saturated heterocycles.